The normalized spacial score (nSPS) is 30.2. The van der Waals surface area contributed by atoms with Crippen LogP contribution in [0.1, 0.15) is 51.9 Å². The molecule has 0 aromatic rings. The molecule has 2 aliphatic rings. The zero-order valence-corrected chi connectivity index (χ0v) is 13.4. The van der Waals surface area contributed by atoms with E-state index in [1.54, 1.807) is 0 Å². The van der Waals surface area contributed by atoms with Crippen molar-refractivity contribution in [1.29, 1.82) is 0 Å². The second-order valence-electron chi connectivity index (χ2n) is 7.20. The first-order valence-corrected chi connectivity index (χ1v) is 8.15. The summed E-state index contributed by atoms with van der Waals surface area (Å²) in [7, 11) is 4.31. The van der Waals surface area contributed by atoms with Gasteiger partial charge in [0, 0.05) is 18.6 Å². The highest BCUT2D eigenvalue weighted by atomic mass is 16.2. The van der Waals surface area contributed by atoms with Gasteiger partial charge in [-0.2, -0.15) is 0 Å². The lowest BCUT2D eigenvalue weighted by Crippen LogP contribution is -2.57. The minimum Gasteiger partial charge on any atom is -0.354 e. The van der Waals surface area contributed by atoms with E-state index in [4.69, 9.17) is 0 Å². The van der Waals surface area contributed by atoms with E-state index in [0.717, 1.165) is 32.5 Å². The van der Waals surface area contributed by atoms with Crippen LogP contribution in [0.15, 0.2) is 0 Å². The molecule has 1 saturated heterocycles. The first-order valence-electron chi connectivity index (χ1n) is 8.15. The van der Waals surface area contributed by atoms with Crippen LogP contribution in [0.4, 0.5) is 0 Å². The molecule has 4 heteroatoms. The van der Waals surface area contributed by atoms with Gasteiger partial charge in [-0.05, 0) is 53.2 Å². The summed E-state index contributed by atoms with van der Waals surface area (Å²) in [5.74, 6) is 0.233. The summed E-state index contributed by atoms with van der Waals surface area (Å²) >= 11 is 0. The number of nitrogens with one attached hydrogen (secondary N) is 2. The monoisotopic (exact) mass is 281 g/mol. The third-order valence-electron chi connectivity index (χ3n) is 5.46. The summed E-state index contributed by atoms with van der Waals surface area (Å²) in [4.78, 5) is 14.9. The van der Waals surface area contributed by atoms with Crippen LogP contribution in [0.5, 0.6) is 0 Å². The fourth-order valence-electron chi connectivity index (χ4n) is 3.70. The number of rotatable bonds is 4. The number of hydrogen-bond donors (Lipinski definition) is 2. The van der Waals surface area contributed by atoms with E-state index >= 15 is 0 Å². The Bertz CT molecular complexity index is 329. The van der Waals surface area contributed by atoms with E-state index in [9.17, 15) is 4.79 Å². The van der Waals surface area contributed by atoms with Crippen LogP contribution in [0.3, 0.4) is 0 Å². The Morgan fingerprint density at radius 2 is 1.85 bits per heavy atom. The Morgan fingerprint density at radius 3 is 2.40 bits per heavy atom. The van der Waals surface area contributed by atoms with Crippen molar-refractivity contribution in [3.8, 4) is 0 Å². The Hall–Kier alpha value is -0.610. The molecule has 0 spiro atoms. The van der Waals surface area contributed by atoms with Crippen LogP contribution >= 0.6 is 0 Å². The van der Waals surface area contributed by atoms with Crippen LogP contribution in [-0.4, -0.2) is 50.1 Å². The van der Waals surface area contributed by atoms with E-state index in [1.165, 1.54) is 32.1 Å². The average Bonchev–Trinajstić information content (AvgIpc) is 2.46. The third kappa shape index (κ3) is 3.34. The molecule has 0 radical (unpaired) electrons. The number of hydrogen-bond acceptors (Lipinski definition) is 3. The van der Waals surface area contributed by atoms with Crippen LogP contribution < -0.4 is 10.6 Å². The zero-order chi connectivity index (χ0) is 14.6. The first-order chi connectivity index (χ1) is 9.49. The summed E-state index contributed by atoms with van der Waals surface area (Å²) in [5, 5.41) is 6.62. The molecule has 2 fully saturated rings. The molecule has 116 valence electrons. The van der Waals surface area contributed by atoms with Gasteiger partial charge in [-0.1, -0.05) is 19.3 Å². The summed E-state index contributed by atoms with van der Waals surface area (Å²) < 4.78 is 0. The maximum absolute atomic E-state index is 12.6. The van der Waals surface area contributed by atoms with Crippen molar-refractivity contribution in [3.05, 3.63) is 0 Å². The molecular weight excluding hydrogens is 250 g/mol. The number of amides is 1. The van der Waals surface area contributed by atoms with Gasteiger partial charge in [0.15, 0.2) is 0 Å². The highest BCUT2D eigenvalue weighted by molar-refractivity contribution is 5.82. The van der Waals surface area contributed by atoms with Gasteiger partial charge in [0.2, 0.25) is 5.91 Å². The molecule has 0 aromatic heterocycles. The molecule has 1 unspecified atom stereocenters. The fraction of sp³-hybridized carbons (Fsp3) is 0.938. The van der Waals surface area contributed by atoms with Gasteiger partial charge in [0.25, 0.3) is 0 Å². The standard InChI is InChI=1S/C16H31N3O/c1-15(8-7-11-17-12-15)14(20)18-13-16(19(2)3)9-5-4-6-10-16/h17H,4-13H2,1-3H3,(H,18,20). The van der Waals surface area contributed by atoms with E-state index in [-0.39, 0.29) is 16.9 Å². The van der Waals surface area contributed by atoms with Crippen LogP contribution in [0.25, 0.3) is 0 Å². The number of nitrogens with zero attached hydrogens (tertiary/aromatic N) is 1. The lowest BCUT2D eigenvalue weighted by Gasteiger charge is -2.44. The summed E-state index contributed by atoms with van der Waals surface area (Å²) in [6, 6.07) is 0. The van der Waals surface area contributed by atoms with Gasteiger partial charge in [-0.25, -0.2) is 0 Å². The van der Waals surface area contributed by atoms with Crippen molar-refractivity contribution in [2.24, 2.45) is 5.41 Å². The maximum atomic E-state index is 12.6. The predicted molar refractivity (Wildman–Crippen MR) is 82.7 cm³/mol. The summed E-state index contributed by atoms with van der Waals surface area (Å²) in [5.41, 5.74) is -0.0488. The van der Waals surface area contributed by atoms with Crippen LogP contribution in [0, 0.1) is 5.41 Å². The molecule has 2 N–H and O–H groups in total. The SMILES string of the molecule is CN(C)C1(CNC(=O)C2(C)CCCNC2)CCCCC1. The molecule has 1 saturated carbocycles. The van der Waals surface area contributed by atoms with Gasteiger partial charge in [-0.15, -0.1) is 0 Å². The third-order valence-corrected chi connectivity index (χ3v) is 5.46. The van der Waals surface area contributed by atoms with E-state index in [2.05, 4.69) is 36.6 Å². The Morgan fingerprint density at radius 1 is 1.15 bits per heavy atom. The van der Waals surface area contributed by atoms with Gasteiger partial charge in [-0.3, -0.25) is 4.79 Å². The number of likely N-dealkylation sites (N-methyl/N-ethyl adjacent to an activating group) is 1. The molecule has 1 heterocycles. The highest BCUT2D eigenvalue weighted by Gasteiger charge is 2.38. The van der Waals surface area contributed by atoms with Crippen LogP contribution in [-0.2, 0) is 4.79 Å². The lowest BCUT2D eigenvalue weighted by molar-refractivity contribution is -0.131. The van der Waals surface area contributed by atoms with Crippen molar-refractivity contribution in [2.45, 2.75) is 57.4 Å². The molecule has 1 amide bonds. The van der Waals surface area contributed by atoms with E-state index in [0.29, 0.717) is 0 Å². The molecule has 0 bridgehead atoms. The van der Waals surface area contributed by atoms with E-state index in [1.807, 2.05) is 0 Å². The Balaban J connectivity index is 1.93. The average molecular weight is 281 g/mol. The topological polar surface area (TPSA) is 44.4 Å². The van der Waals surface area contributed by atoms with Crippen molar-refractivity contribution >= 4 is 5.91 Å². The summed E-state index contributed by atoms with van der Waals surface area (Å²) in [6.45, 7) is 4.75. The largest absolute Gasteiger partial charge is 0.354 e. The van der Waals surface area contributed by atoms with Crippen molar-refractivity contribution in [3.63, 3.8) is 0 Å². The predicted octanol–water partition coefficient (Wildman–Crippen LogP) is 1.76. The Kier molecular flexibility index (Phi) is 5.08. The molecule has 1 aliphatic heterocycles. The number of carbonyl (C=O) groups excluding carboxylic acids is 1. The molecule has 1 aliphatic carbocycles. The quantitative estimate of drug-likeness (QED) is 0.825. The number of carbonyl (C=O) groups is 1. The molecule has 20 heavy (non-hydrogen) atoms. The Labute approximate surface area is 123 Å². The zero-order valence-electron chi connectivity index (χ0n) is 13.4. The van der Waals surface area contributed by atoms with Gasteiger partial charge in [0.1, 0.15) is 0 Å². The van der Waals surface area contributed by atoms with Crippen molar-refractivity contribution < 1.29 is 4.79 Å². The minimum absolute atomic E-state index is 0.173. The second kappa shape index (κ2) is 6.44. The summed E-state index contributed by atoms with van der Waals surface area (Å²) in [6.07, 6.45) is 8.42. The highest BCUT2D eigenvalue weighted by Crippen LogP contribution is 2.32. The lowest BCUT2D eigenvalue weighted by atomic mass is 9.79. The van der Waals surface area contributed by atoms with E-state index < -0.39 is 0 Å². The minimum atomic E-state index is -0.222. The second-order valence-corrected chi connectivity index (χ2v) is 7.20. The van der Waals surface area contributed by atoms with Gasteiger partial charge >= 0.3 is 0 Å². The molecule has 0 aromatic carbocycles. The van der Waals surface area contributed by atoms with Gasteiger partial charge < -0.3 is 15.5 Å². The maximum Gasteiger partial charge on any atom is 0.227 e. The molecule has 4 nitrogen and oxygen atoms in total. The molecule has 2 rings (SSSR count). The first kappa shape index (κ1) is 15.8. The molecular formula is C16H31N3O. The van der Waals surface area contributed by atoms with Crippen molar-refractivity contribution in [1.82, 2.24) is 15.5 Å². The van der Waals surface area contributed by atoms with Gasteiger partial charge in [0.05, 0.1) is 5.41 Å². The number of piperidine rings is 1. The van der Waals surface area contributed by atoms with Crippen molar-refractivity contribution in [2.75, 3.05) is 33.7 Å². The fourth-order valence-corrected chi connectivity index (χ4v) is 3.70. The smallest absolute Gasteiger partial charge is 0.227 e. The van der Waals surface area contributed by atoms with Crippen LogP contribution in [0.2, 0.25) is 0 Å². The molecule has 1 atom stereocenters.